The zero-order valence-corrected chi connectivity index (χ0v) is 11.3. The van der Waals surface area contributed by atoms with Crippen LogP contribution in [0.25, 0.3) is 0 Å². The van der Waals surface area contributed by atoms with E-state index in [1.807, 2.05) is 18.2 Å². The van der Waals surface area contributed by atoms with E-state index in [0.717, 1.165) is 11.3 Å². The van der Waals surface area contributed by atoms with Gasteiger partial charge in [-0.3, -0.25) is 0 Å². The number of nitrogens with two attached hydrogens (primary N) is 1. The van der Waals surface area contributed by atoms with Crippen molar-refractivity contribution in [1.82, 2.24) is 15.1 Å². The Morgan fingerprint density at radius 2 is 2.10 bits per heavy atom. The van der Waals surface area contributed by atoms with Crippen LogP contribution in [0.1, 0.15) is 11.3 Å². The summed E-state index contributed by atoms with van der Waals surface area (Å²) in [6, 6.07) is 10.8. The largest absolute Gasteiger partial charge is 0.415 e. The highest BCUT2D eigenvalue weighted by molar-refractivity contribution is 5.71. The summed E-state index contributed by atoms with van der Waals surface area (Å²) in [4.78, 5) is 13.8. The van der Waals surface area contributed by atoms with Crippen molar-refractivity contribution in [3.63, 3.8) is 0 Å². The number of fused-ring (bicyclic) bond motifs is 1. The molecule has 3 rings (SSSR count). The molecule has 0 saturated heterocycles. The van der Waals surface area contributed by atoms with Gasteiger partial charge in [0.1, 0.15) is 5.75 Å². The van der Waals surface area contributed by atoms with Crippen molar-refractivity contribution in [2.75, 3.05) is 12.0 Å². The fourth-order valence-corrected chi connectivity index (χ4v) is 2.21. The molecule has 2 aromatic rings. The normalized spacial score (nSPS) is 13.5. The maximum Gasteiger partial charge on any atom is 0.415 e. The predicted molar refractivity (Wildman–Crippen MR) is 76.4 cm³/mol. The molecule has 108 valence electrons. The van der Waals surface area contributed by atoms with E-state index in [4.69, 9.17) is 10.6 Å². The molecule has 1 aromatic carbocycles. The first-order valence-electron chi connectivity index (χ1n) is 6.60. The van der Waals surface area contributed by atoms with Crippen LogP contribution in [-0.4, -0.2) is 27.7 Å². The maximum absolute atomic E-state index is 12.2. The second kappa shape index (κ2) is 5.76. The molecule has 0 saturated carbocycles. The first kappa shape index (κ1) is 13.3. The number of benzene rings is 1. The molecule has 7 nitrogen and oxygen atoms in total. The topological polar surface area (TPSA) is 93.4 Å². The number of nitrogen functional groups attached to an aromatic ring is 1. The number of hydrogen-bond donors (Lipinski definition) is 2. The van der Waals surface area contributed by atoms with E-state index in [2.05, 4.69) is 15.6 Å². The van der Waals surface area contributed by atoms with Crippen molar-refractivity contribution >= 4 is 11.9 Å². The molecule has 2 heterocycles. The molecule has 7 heteroatoms. The van der Waals surface area contributed by atoms with E-state index in [0.29, 0.717) is 31.1 Å². The summed E-state index contributed by atoms with van der Waals surface area (Å²) in [5.41, 5.74) is 4.26. The van der Waals surface area contributed by atoms with E-state index in [9.17, 15) is 4.79 Å². The Balaban J connectivity index is 1.72. The third kappa shape index (κ3) is 2.92. The number of nitrogens with zero attached hydrogens (tertiary/aromatic N) is 3. The number of carbonyl (C=O) groups excluding carboxylic acids is 1. The smallest absolute Gasteiger partial charge is 0.410 e. The fraction of sp³-hybridized carbons (Fsp3) is 0.214. The van der Waals surface area contributed by atoms with Gasteiger partial charge < -0.3 is 15.1 Å². The molecule has 0 unspecified atom stereocenters. The summed E-state index contributed by atoms with van der Waals surface area (Å²) in [6.07, 6.45) is 0.280. The van der Waals surface area contributed by atoms with Crippen molar-refractivity contribution in [1.29, 1.82) is 0 Å². The van der Waals surface area contributed by atoms with E-state index in [1.54, 1.807) is 23.1 Å². The summed E-state index contributed by atoms with van der Waals surface area (Å²) in [5.74, 6) is 6.33. The summed E-state index contributed by atoms with van der Waals surface area (Å²) in [7, 11) is 0. The van der Waals surface area contributed by atoms with Crippen LogP contribution in [0.15, 0.2) is 36.4 Å². The van der Waals surface area contributed by atoms with Crippen molar-refractivity contribution < 1.29 is 9.53 Å². The Labute approximate surface area is 121 Å². The third-order valence-electron chi connectivity index (χ3n) is 3.29. The Morgan fingerprint density at radius 3 is 2.86 bits per heavy atom. The van der Waals surface area contributed by atoms with Gasteiger partial charge in [-0.05, 0) is 23.8 Å². The van der Waals surface area contributed by atoms with Gasteiger partial charge in [-0.2, -0.15) is 5.10 Å². The number of rotatable bonds is 2. The van der Waals surface area contributed by atoms with E-state index >= 15 is 0 Å². The minimum Gasteiger partial charge on any atom is -0.410 e. The molecular weight excluding hydrogens is 270 g/mol. The lowest BCUT2D eigenvalue weighted by Crippen LogP contribution is -2.38. The molecule has 1 amide bonds. The van der Waals surface area contributed by atoms with Gasteiger partial charge in [-0.15, -0.1) is 5.10 Å². The SMILES string of the molecule is NNc1cc2c(nn1)CCN(C(=O)Oc1ccccc1)C2. The van der Waals surface area contributed by atoms with Crippen LogP contribution < -0.4 is 16.0 Å². The lowest BCUT2D eigenvalue weighted by atomic mass is 10.1. The van der Waals surface area contributed by atoms with E-state index in [1.165, 1.54) is 0 Å². The van der Waals surface area contributed by atoms with Gasteiger partial charge in [-0.25, -0.2) is 10.6 Å². The van der Waals surface area contributed by atoms with Gasteiger partial charge in [0.25, 0.3) is 0 Å². The number of amides is 1. The molecule has 0 bridgehead atoms. The van der Waals surface area contributed by atoms with Crippen LogP contribution in [-0.2, 0) is 13.0 Å². The lowest BCUT2D eigenvalue weighted by molar-refractivity contribution is 0.146. The first-order chi connectivity index (χ1) is 10.3. The van der Waals surface area contributed by atoms with Crippen molar-refractivity contribution in [2.24, 2.45) is 5.84 Å². The van der Waals surface area contributed by atoms with E-state index < -0.39 is 0 Å². The monoisotopic (exact) mass is 285 g/mol. The average Bonchev–Trinajstić information content (AvgIpc) is 2.54. The number of anilines is 1. The average molecular weight is 285 g/mol. The standard InChI is InChI=1S/C14H15N5O2/c15-16-13-8-10-9-19(7-6-12(10)17-18-13)14(20)21-11-4-2-1-3-5-11/h1-5,8H,6-7,9,15H2,(H,16,18). The number of nitrogens with one attached hydrogen (secondary N) is 1. The number of carbonyl (C=O) groups is 1. The number of aromatic nitrogens is 2. The summed E-state index contributed by atoms with van der Waals surface area (Å²) in [5, 5.41) is 8.02. The number of hydrogen-bond acceptors (Lipinski definition) is 6. The second-order valence-electron chi connectivity index (χ2n) is 4.70. The highest BCUT2D eigenvalue weighted by atomic mass is 16.6. The van der Waals surface area contributed by atoms with Crippen LogP contribution in [0.3, 0.4) is 0 Å². The third-order valence-corrected chi connectivity index (χ3v) is 3.29. The van der Waals surface area contributed by atoms with E-state index in [-0.39, 0.29) is 6.09 Å². The molecule has 0 spiro atoms. The summed E-state index contributed by atoms with van der Waals surface area (Å²) in [6.45, 7) is 0.994. The van der Waals surface area contributed by atoms with Crippen molar-refractivity contribution in [3.05, 3.63) is 47.7 Å². The fourth-order valence-electron chi connectivity index (χ4n) is 2.21. The Morgan fingerprint density at radius 1 is 1.29 bits per heavy atom. The summed E-state index contributed by atoms with van der Waals surface area (Å²) >= 11 is 0. The predicted octanol–water partition coefficient (Wildman–Crippen LogP) is 1.32. The van der Waals surface area contributed by atoms with Gasteiger partial charge in [0.15, 0.2) is 5.82 Å². The Kier molecular flexibility index (Phi) is 3.65. The number of hydrazine groups is 1. The summed E-state index contributed by atoms with van der Waals surface area (Å²) < 4.78 is 5.34. The molecule has 3 N–H and O–H groups in total. The second-order valence-corrected chi connectivity index (χ2v) is 4.70. The van der Waals surface area contributed by atoms with Crippen LogP contribution in [0, 0.1) is 0 Å². The van der Waals surface area contributed by atoms with Crippen LogP contribution in [0.2, 0.25) is 0 Å². The molecule has 0 fully saturated rings. The van der Waals surface area contributed by atoms with Crippen LogP contribution in [0.4, 0.5) is 10.6 Å². The molecule has 1 aliphatic heterocycles. The van der Waals surface area contributed by atoms with Crippen LogP contribution in [0.5, 0.6) is 5.75 Å². The molecule has 1 aromatic heterocycles. The minimum absolute atomic E-state index is 0.370. The molecular formula is C14H15N5O2. The highest BCUT2D eigenvalue weighted by Crippen LogP contribution is 2.20. The van der Waals surface area contributed by atoms with Gasteiger partial charge in [0.05, 0.1) is 12.2 Å². The maximum atomic E-state index is 12.2. The molecule has 0 atom stereocenters. The molecule has 0 radical (unpaired) electrons. The van der Waals surface area contributed by atoms with Gasteiger partial charge in [0, 0.05) is 13.0 Å². The Hall–Kier alpha value is -2.67. The van der Waals surface area contributed by atoms with Crippen molar-refractivity contribution in [2.45, 2.75) is 13.0 Å². The van der Waals surface area contributed by atoms with Crippen molar-refractivity contribution in [3.8, 4) is 5.75 Å². The lowest BCUT2D eigenvalue weighted by Gasteiger charge is -2.27. The van der Waals surface area contributed by atoms with Gasteiger partial charge >= 0.3 is 6.09 Å². The van der Waals surface area contributed by atoms with Gasteiger partial charge in [0.2, 0.25) is 0 Å². The first-order valence-corrected chi connectivity index (χ1v) is 6.60. The van der Waals surface area contributed by atoms with Gasteiger partial charge in [-0.1, -0.05) is 18.2 Å². The zero-order valence-electron chi connectivity index (χ0n) is 11.3. The quantitative estimate of drug-likeness (QED) is 0.638. The van der Waals surface area contributed by atoms with Crippen LogP contribution >= 0.6 is 0 Å². The minimum atomic E-state index is -0.370. The number of ether oxygens (including phenoxy) is 1. The Bertz CT molecular complexity index is 647. The molecule has 21 heavy (non-hydrogen) atoms. The highest BCUT2D eigenvalue weighted by Gasteiger charge is 2.23. The molecule has 1 aliphatic rings. The molecule has 0 aliphatic carbocycles. The number of para-hydroxylation sites is 1. The zero-order chi connectivity index (χ0) is 14.7.